The van der Waals surface area contributed by atoms with Gasteiger partial charge in [-0.25, -0.2) is 4.39 Å². The molecule has 2 bridgehead atoms. The molecule has 4 aromatic rings. The van der Waals surface area contributed by atoms with Crippen LogP contribution >= 0.6 is 11.6 Å². The van der Waals surface area contributed by atoms with Gasteiger partial charge in [-0.15, -0.1) is 0 Å². The molecule has 1 N–H and O–H groups in total. The summed E-state index contributed by atoms with van der Waals surface area (Å²) < 4.78 is 26.2. The van der Waals surface area contributed by atoms with Crippen LogP contribution in [0.15, 0.2) is 42.6 Å². The molecule has 39 heavy (non-hydrogen) atoms. The van der Waals surface area contributed by atoms with Gasteiger partial charge in [0.15, 0.2) is 5.82 Å². The molecule has 7 nitrogen and oxygen atoms in total. The fourth-order valence-electron chi connectivity index (χ4n) is 5.51. The zero-order chi connectivity index (χ0) is 27.4. The Labute approximate surface area is 233 Å². The van der Waals surface area contributed by atoms with Crippen molar-refractivity contribution in [1.29, 1.82) is 0 Å². The summed E-state index contributed by atoms with van der Waals surface area (Å²) in [6.45, 7) is 7.63. The Balaban J connectivity index is 0.000000391. The van der Waals surface area contributed by atoms with Crippen LogP contribution in [-0.4, -0.2) is 60.4 Å². The van der Waals surface area contributed by atoms with Gasteiger partial charge in [0.05, 0.1) is 12.5 Å². The van der Waals surface area contributed by atoms with Crippen LogP contribution in [0.1, 0.15) is 39.5 Å². The van der Waals surface area contributed by atoms with Gasteiger partial charge in [-0.3, -0.25) is 4.98 Å². The minimum atomic E-state index is -0.505. The van der Waals surface area contributed by atoms with Crippen LogP contribution in [-0.2, 0) is 4.74 Å². The molecule has 2 aromatic heterocycles. The number of halogens is 2. The summed E-state index contributed by atoms with van der Waals surface area (Å²) in [7, 11) is 1.50. The van der Waals surface area contributed by atoms with Crippen LogP contribution in [0.4, 0.5) is 10.2 Å². The van der Waals surface area contributed by atoms with Gasteiger partial charge in [0.1, 0.15) is 17.0 Å². The molecule has 7 rings (SSSR count). The van der Waals surface area contributed by atoms with Gasteiger partial charge in [0, 0.05) is 60.6 Å². The predicted molar refractivity (Wildman–Crippen MR) is 155 cm³/mol. The molecule has 3 aliphatic heterocycles. The number of piperazine rings is 1. The number of benzene rings is 2. The van der Waals surface area contributed by atoms with Gasteiger partial charge < -0.3 is 19.7 Å². The second-order valence-electron chi connectivity index (χ2n) is 9.72. The number of fused-ring (bicyclic) bond motifs is 4. The van der Waals surface area contributed by atoms with E-state index in [1.54, 1.807) is 12.3 Å². The number of nitrogens with one attached hydrogen (secondary N) is 1. The van der Waals surface area contributed by atoms with E-state index in [1.807, 2.05) is 44.2 Å². The third kappa shape index (κ3) is 5.64. The Kier molecular flexibility index (Phi) is 8.75. The van der Waals surface area contributed by atoms with E-state index in [4.69, 9.17) is 21.1 Å². The number of rotatable bonds is 3. The summed E-state index contributed by atoms with van der Waals surface area (Å²) >= 11 is 6.48. The number of hydrogen-bond acceptors (Lipinski definition) is 7. The largest absolute Gasteiger partial charge is 0.467 e. The minimum Gasteiger partial charge on any atom is -0.467 e. The second kappa shape index (κ2) is 12.4. The first-order valence-corrected chi connectivity index (χ1v) is 14.2. The smallest absolute Gasteiger partial charge is 0.318 e. The van der Waals surface area contributed by atoms with Gasteiger partial charge in [0.25, 0.3) is 0 Å². The van der Waals surface area contributed by atoms with Crippen LogP contribution < -0.4 is 15.0 Å². The van der Waals surface area contributed by atoms with Crippen molar-refractivity contribution in [3.8, 4) is 17.3 Å². The molecule has 5 heterocycles. The maximum absolute atomic E-state index is 16.0. The molecular weight excluding hydrogens is 517 g/mol. The van der Waals surface area contributed by atoms with Crippen LogP contribution in [0.3, 0.4) is 0 Å². The average Bonchev–Trinajstić information content (AvgIpc) is 3.67. The van der Waals surface area contributed by atoms with Crippen molar-refractivity contribution in [3.05, 3.63) is 53.4 Å². The zero-order valence-corrected chi connectivity index (χ0v) is 23.5. The fraction of sp³-hybridized carbons (Fsp3) is 0.433. The molecule has 0 amide bonds. The Hall–Kier alpha value is -3.07. The van der Waals surface area contributed by atoms with Crippen molar-refractivity contribution in [2.24, 2.45) is 0 Å². The van der Waals surface area contributed by atoms with Crippen molar-refractivity contribution < 1.29 is 13.9 Å². The number of pyridine rings is 1. The lowest BCUT2D eigenvalue weighted by Crippen LogP contribution is -2.51. The number of nitrogens with zero attached hydrogens (tertiary/aromatic N) is 4. The Morgan fingerprint density at radius 3 is 2.36 bits per heavy atom. The first-order chi connectivity index (χ1) is 19.1. The Morgan fingerprint density at radius 2 is 1.72 bits per heavy atom. The Bertz CT molecular complexity index is 1420. The van der Waals surface area contributed by atoms with E-state index in [0.29, 0.717) is 33.9 Å². The highest BCUT2D eigenvalue weighted by atomic mass is 35.5. The first-order valence-electron chi connectivity index (χ1n) is 13.8. The van der Waals surface area contributed by atoms with Crippen molar-refractivity contribution in [1.82, 2.24) is 20.3 Å². The van der Waals surface area contributed by atoms with Crippen molar-refractivity contribution in [2.75, 3.05) is 38.3 Å². The lowest BCUT2D eigenvalue weighted by molar-refractivity contribution is 0.198. The molecule has 0 spiro atoms. The highest BCUT2D eigenvalue weighted by Gasteiger charge is 2.34. The summed E-state index contributed by atoms with van der Waals surface area (Å²) in [5.41, 5.74) is 1.04. The predicted octanol–water partition coefficient (Wildman–Crippen LogP) is 6.41. The van der Waals surface area contributed by atoms with Crippen molar-refractivity contribution in [3.63, 3.8) is 0 Å². The fourth-order valence-corrected chi connectivity index (χ4v) is 5.80. The molecule has 3 saturated heterocycles. The molecule has 0 saturated carbocycles. The van der Waals surface area contributed by atoms with E-state index in [9.17, 15) is 0 Å². The molecule has 9 heteroatoms. The summed E-state index contributed by atoms with van der Waals surface area (Å²) in [5.74, 6) is 0.161. The average molecular weight is 552 g/mol. The third-order valence-corrected chi connectivity index (χ3v) is 7.59. The lowest BCUT2D eigenvalue weighted by Gasteiger charge is -2.34. The first kappa shape index (κ1) is 27.5. The van der Waals surface area contributed by atoms with E-state index in [1.165, 1.54) is 20.0 Å². The van der Waals surface area contributed by atoms with Gasteiger partial charge >= 0.3 is 6.01 Å². The van der Waals surface area contributed by atoms with Crippen LogP contribution in [0, 0.1) is 5.82 Å². The van der Waals surface area contributed by atoms with E-state index in [0.717, 1.165) is 49.9 Å². The molecule has 2 aromatic carbocycles. The van der Waals surface area contributed by atoms with Gasteiger partial charge in [-0.2, -0.15) is 9.97 Å². The molecule has 2 atom stereocenters. The summed E-state index contributed by atoms with van der Waals surface area (Å²) in [6.07, 6.45) is 6.50. The van der Waals surface area contributed by atoms with Crippen LogP contribution in [0.2, 0.25) is 5.02 Å². The highest BCUT2D eigenvalue weighted by Crippen LogP contribution is 2.37. The number of aromatic nitrogens is 3. The molecular formula is C30H35ClFN5O2. The summed E-state index contributed by atoms with van der Waals surface area (Å²) in [4.78, 5) is 15.7. The Morgan fingerprint density at radius 1 is 1.03 bits per heavy atom. The van der Waals surface area contributed by atoms with Crippen LogP contribution in [0.5, 0.6) is 6.01 Å². The second-order valence-corrected chi connectivity index (χ2v) is 10.1. The lowest BCUT2D eigenvalue weighted by atomic mass is 10.0. The molecule has 0 aliphatic carbocycles. The van der Waals surface area contributed by atoms with E-state index in [2.05, 4.69) is 25.2 Å². The molecule has 2 unspecified atom stereocenters. The zero-order valence-electron chi connectivity index (χ0n) is 22.7. The SMILES string of the molecule is C1CCOC1.CC.COc1nc(N2CC3CCC(C2)N3)c2cnc(-c3cccc4cccc(Cl)c34)c(F)c2n1. The van der Waals surface area contributed by atoms with Crippen LogP contribution in [0.25, 0.3) is 32.9 Å². The van der Waals surface area contributed by atoms with Gasteiger partial charge in [-0.1, -0.05) is 55.8 Å². The third-order valence-electron chi connectivity index (χ3n) is 7.28. The number of ether oxygens (including phenoxy) is 2. The highest BCUT2D eigenvalue weighted by molar-refractivity contribution is 6.36. The van der Waals surface area contributed by atoms with Crippen molar-refractivity contribution >= 4 is 39.1 Å². The molecule has 3 aliphatic rings. The van der Waals surface area contributed by atoms with E-state index >= 15 is 4.39 Å². The van der Waals surface area contributed by atoms with Gasteiger partial charge in [0.2, 0.25) is 0 Å². The maximum atomic E-state index is 16.0. The standard InChI is InChI=1S/C24H21ClFN5O.C4H8O.C2H6/c1-32-24-29-22-17(23(30-24)31-11-14-8-9-15(12-31)28-14)10-27-21(20(22)26)16-6-2-4-13-5-3-7-18(25)19(13)16;1-2-4-5-3-1;1-2/h2-7,10,14-15,28H,8-9,11-12H2,1H3;1-4H2;1-2H3. The molecule has 0 radical (unpaired) electrons. The normalized spacial score (nSPS) is 19.9. The number of hydrogen-bond donors (Lipinski definition) is 1. The minimum absolute atomic E-state index is 0.144. The van der Waals surface area contributed by atoms with E-state index in [-0.39, 0.29) is 17.2 Å². The quantitative estimate of drug-likeness (QED) is 0.315. The number of methoxy groups -OCH3 is 1. The molecule has 206 valence electrons. The maximum Gasteiger partial charge on any atom is 0.318 e. The monoisotopic (exact) mass is 551 g/mol. The number of anilines is 1. The molecule has 3 fully saturated rings. The van der Waals surface area contributed by atoms with Gasteiger partial charge in [-0.05, 0) is 37.1 Å². The summed E-state index contributed by atoms with van der Waals surface area (Å²) in [5, 5.41) is 6.44. The van der Waals surface area contributed by atoms with E-state index < -0.39 is 5.82 Å². The topological polar surface area (TPSA) is 72.4 Å². The van der Waals surface area contributed by atoms with Crippen molar-refractivity contribution in [2.45, 2.75) is 51.6 Å². The summed E-state index contributed by atoms with van der Waals surface area (Å²) in [6, 6.07) is 12.3.